The zero-order valence-electron chi connectivity index (χ0n) is 27.1. The fourth-order valence-corrected chi connectivity index (χ4v) is 7.12. The first kappa shape index (κ1) is 33.8. The maximum absolute atomic E-state index is 16.3. The van der Waals surface area contributed by atoms with Gasteiger partial charge >= 0.3 is 11.7 Å². The summed E-state index contributed by atoms with van der Waals surface area (Å²) >= 11 is 0. The summed E-state index contributed by atoms with van der Waals surface area (Å²) in [5.41, 5.74) is -1.69. The second-order valence-corrected chi connectivity index (χ2v) is 14.1. The average Bonchev–Trinajstić information content (AvgIpc) is 3.03. The van der Waals surface area contributed by atoms with Crippen LogP contribution in [0.15, 0.2) is 59.0 Å². The molecule has 4 heterocycles. The second kappa shape index (κ2) is 13.1. The molecular weight excluding hydrogens is 658 g/mol. The van der Waals surface area contributed by atoms with Crippen LogP contribution in [0.1, 0.15) is 51.0 Å². The molecule has 3 aromatic heterocycles. The molecule has 256 valence electrons. The summed E-state index contributed by atoms with van der Waals surface area (Å²) < 4.78 is 64.6. The van der Waals surface area contributed by atoms with Gasteiger partial charge in [-0.25, -0.2) is 36.5 Å². The van der Waals surface area contributed by atoms with E-state index in [0.717, 1.165) is 42.2 Å². The SMILES string of the molecule is C=CC(=O)N1CCN(c2nc(=O)n(-c3c(C4CCC4)ccnc3S(C)(=O)=O)c3nc(-c4c(F)cccc4OC(=O)CC)c(F)cc23)[C@@H](C)C1. The van der Waals surface area contributed by atoms with Crippen LogP contribution in [0.25, 0.3) is 28.0 Å². The number of sulfone groups is 1. The van der Waals surface area contributed by atoms with Crippen LogP contribution in [0.2, 0.25) is 0 Å². The van der Waals surface area contributed by atoms with Gasteiger partial charge in [-0.3, -0.25) is 9.59 Å². The lowest BCUT2D eigenvalue weighted by atomic mass is 9.79. The molecule has 0 radical (unpaired) electrons. The van der Waals surface area contributed by atoms with Gasteiger partial charge < -0.3 is 14.5 Å². The van der Waals surface area contributed by atoms with Gasteiger partial charge in [0.2, 0.25) is 5.91 Å². The number of carbonyl (C=O) groups is 2. The highest BCUT2D eigenvalue weighted by atomic mass is 32.2. The molecule has 1 aliphatic heterocycles. The standard InChI is InChI=1S/C34H34F2N6O6S/c1-5-26(43)40-15-16-41(19(3)18-40)31-22-17-24(36)29(28-23(35)11-8-12-25(28)48-27(44)6-2)38-32(22)42(34(45)39-31)30-21(20-9-7-10-20)13-14-37-33(30)49(4,46)47/h5,8,11-14,17,19-20H,1,6-7,9-10,15-16,18H2,2-4H3/t19-/m0/s1. The van der Waals surface area contributed by atoms with Crippen LogP contribution in [0.5, 0.6) is 5.75 Å². The van der Waals surface area contributed by atoms with Crippen molar-refractivity contribution in [1.29, 1.82) is 0 Å². The highest BCUT2D eigenvalue weighted by Gasteiger charge is 2.34. The number of fused-ring (bicyclic) bond motifs is 1. The van der Waals surface area contributed by atoms with E-state index in [9.17, 15) is 22.8 Å². The summed E-state index contributed by atoms with van der Waals surface area (Å²) in [4.78, 5) is 55.3. The van der Waals surface area contributed by atoms with Crippen LogP contribution >= 0.6 is 0 Å². The van der Waals surface area contributed by atoms with E-state index in [4.69, 9.17) is 4.74 Å². The Balaban J connectivity index is 1.69. The number of halogens is 2. The first-order valence-electron chi connectivity index (χ1n) is 15.8. The number of benzene rings is 1. The Kier molecular flexibility index (Phi) is 9.05. The minimum Gasteiger partial charge on any atom is -0.426 e. The number of carbonyl (C=O) groups excluding carboxylic acids is 2. The smallest absolute Gasteiger partial charge is 0.355 e. The summed E-state index contributed by atoms with van der Waals surface area (Å²) in [6.07, 6.45) is 5.86. The third-order valence-electron chi connectivity index (χ3n) is 8.95. The van der Waals surface area contributed by atoms with Crippen LogP contribution in [-0.4, -0.2) is 76.6 Å². The fraction of sp³-hybridized carbons (Fsp3) is 0.353. The number of piperazine rings is 1. The molecule has 1 saturated heterocycles. The van der Waals surface area contributed by atoms with E-state index in [1.54, 1.807) is 22.8 Å². The van der Waals surface area contributed by atoms with E-state index in [2.05, 4.69) is 21.5 Å². The number of hydrogen-bond donors (Lipinski definition) is 0. The molecule has 1 amide bonds. The van der Waals surface area contributed by atoms with Gasteiger partial charge in [-0.2, -0.15) is 4.98 Å². The fourth-order valence-electron chi connectivity index (χ4n) is 6.31. The Hall–Kier alpha value is -5.05. The Labute approximate surface area is 281 Å². The first-order valence-corrected chi connectivity index (χ1v) is 17.7. The molecule has 0 N–H and O–H groups in total. The van der Waals surface area contributed by atoms with Gasteiger partial charge in [-0.15, -0.1) is 0 Å². The van der Waals surface area contributed by atoms with E-state index >= 15 is 8.78 Å². The quantitative estimate of drug-likeness (QED) is 0.149. The lowest BCUT2D eigenvalue weighted by Gasteiger charge is -2.40. The Morgan fingerprint density at radius 2 is 1.88 bits per heavy atom. The molecule has 1 aromatic carbocycles. The van der Waals surface area contributed by atoms with Gasteiger partial charge in [0.05, 0.1) is 16.6 Å². The molecule has 1 aliphatic carbocycles. The second-order valence-electron chi connectivity index (χ2n) is 12.2. The normalized spacial score (nSPS) is 16.8. The van der Waals surface area contributed by atoms with E-state index in [0.29, 0.717) is 5.56 Å². The summed E-state index contributed by atoms with van der Waals surface area (Å²) in [7, 11) is -4.04. The molecule has 0 bridgehead atoms. The van der Waals surface area contributed by atoms with E-state index < -0.39 is 55.5 Å². The maximum Gasteiger partial charge on any atom is 0.355 e. The van der Waals surface area contributed by atoms with Crippen LogP contribution in [0, 0.1) is 11.6 Å². The van der Waals surface area contributed by atoms with Crippen molar-refractivity contribution in [3.05, 3.63) is 76.9 Å². The number of anilines is 1. The Morgan fingerprint density at radius 3 is 2.51 bits per heavy atom. The molecule has 0 spiro atoms. The molecule has 1 atom stereocenters. The highest BCUT2D eigenvalue weighted by Crippen LogP contribution is 2.42. The zero-order valence-corrected chi connectivity index (χ0v) is 28.0. The van der Waals surface area contributed by atoms with Crippen LogP contribution < -0.4 is 15.3 Å². The largest absolute Gasteiger partial charge is 0.426 e. The third kappa shape index (κ3) is 6.18. The Bertz CT molecular complexity index is 2190. The summed E-state index contributed by atoms with van der Waals surface area (Å²) in [5, 5.41) is -0.363. The van der Waals surface area contributed by atoms with Crippen molar-refractivity contribution < 1.29 is 31.5 Å². The third-order valence-corrected chi connectivity index (χ3v) is 9.95. The minimum absolute atomic E-state index is 0.0301. The molecule has 15 heteroatoms. The van der Waals surface area contributed by atoms with Gasteiger partial charge in [0.25, 0.3) is 0 Å². The van der Waals surface area contributed by atoms with Crippen molar-refractivity contribution in [2.45, 2.75) is 56.5 Å². The topological polar surface area (TPSA) is 145 Å². The van der Waals surface area contributed by atoms with E-state index in [1.807, 2.05) is 6.92 Å². The number of amides is 1. The molecule has 2 aliphatic rings. The predicted molar refractivity (Wildman–Crippen MR) is 177 cm³/mol. The van der Waals surface area contributed by atoms with Crippen LogP contribution in [0.4, 0.5) is 14.6 Å². The van der Waals surface area contributed by atoms with Crippen molar-refractivity contribution >= 4 is 38.6 Å². The molecule has 0 unspecified atom stereocenters. The monoisotopic (exact) mass is 692 g/mol. The molecule has 12 nitrogen and oxygen atoms in total. The van der Waals surface area contributed by atoms with Crippen LogP contribution in [-0.2, 0) is 19.4 Å². The average molecular weight is 693 g/mol. The number of aromatic nitrogens is 4. The Morgan fingerprint density at radius 1 is 1.12 bits per heavy atom. The number of ether oxygens (including phenoxy) is 1. The van der Waals surface area contributed by atoms with Crippen molar-refractivity contribution in [1.82, 2.24) is 24.4 Å². The highest BCUT2D eigenvalue weighted by molar-refractivity contribution is 7.90. The first-order chi connectivity index (χ1) is 23.3. The lowest BCUT2D eigenvalue weighted by Crippen LogP contribution is -2.54. The van der Waals surface area contributed by atoms with Gasteiger partial charge in [-0.1, -0.05) is 26.0 Å². The van der Waals surface area contributed by atoms with Crippen molar-refractivity contribution in [3.8, 4) is 22.7 Å². The number of rotatable bonds is 8. The molecule has 1 saturated carbocycles. The lowest BCUT2D eigenvalue weighted by molar-refractivity contribution is -0.134. The van der Waals surface area contributed by atoms with Crippen molar-refractivity contribution in [2.75, 3.05) is 30.8 Å². The number of pyridine rings is 2. The summed E-state index contributed by atoms with van der Waals surface area (Å²) in [6.45, 7) is 7.62. The molecule has 6 rings (SSSR count). The molecular formula is C34H34F2N6O6S. The molecule has 4 aromatic rings. The number of esters is 1. The molecule has 2 fully saturated rings. The summed E-state index contributed by atoms with van der Waals surface area (Å²) in [6, 6.07) is 5.95. The zero-order chi connectivity index (χ0) is 35.2. The minimum atomic E-state index is -4.04. The van der Waals surface area contributed by atoms with Crippen LogP contribution in [0.3, 0.4) is 0 Å². The maximum atomic E-state index is 16.3. The van der Waals surface area contributed by atoms with E-state index in [-0.39, 0.29) is 66.2 Å². The number of hydrogen-bond acceptors (Lipinski definition) is 10. The molecule has 49 heavy (non-hydrogen) atoms. The van der Waals surface area contributed by atoms with Gasteiger partial charge in [0, 0.05) is 44.5 Å². The summed E-state index contributed by atoms with van der Waals surface area (Å²) in [5.74, 6) is -3.25. The predicted octanol–water partition coefficient (Wildman–Crippen LogP) is 4.33. The van der Waals surface area contributed by atoms with Crippen molar-refractivity contribution in [3.63, 3.8) is 0 Å². The van der Waals surface area contributed by atoms with Gasteiger partial charge in [0.1, 0.15) is 23.1 Å². The van der Waals surface area contributed by atoms with E-state index in [1.165, 1.54) is 24.4 Å². The number of nitrogens with zero attached hydrogens (tertiary/aromatic N) is 6. The van der Waals surface area contributed by atoms with Gasteiger partial charge in [0.15, 0.2) is 26.3 Å². The van der Waals surface area contributed by atoms with Crippen molar-refractivity contribution in [2.24, 2.45) is 0 Å². The van der Waals surface area contributed by atoms with Gasteiger partial charge in [-0.05, 0) is 61.6 Å².